The Kier molecular flexibility index (Phi) is 6.93. The first-order valence-corrected chi connectivity index (χ1v) is 12.7. The Balaban J connectivity index is 1.18. The van der Waals surface area contributed by atoms with Crippen molar-refractivity contribution < 1.29 is 19.4 Å². The smallest absolute Gasteiger partial charge is 0.336 e. The second kappa shape index (κ2) is 10.1. The zero-order chi connectivity index (χ0) is 24.5. The van der Waals surface area contributed by atoms with E-state index in [0.29, 0.717) is 42.4 Å². The Bertz CT molecular complexity index is 1110. The van der Waals surface area contributed by atoms with Crippen LogP contribution in [0.3, 0.4) is 0 Å². The summed E-state index contributed by atoms with van der Waals surface area (Å²) >= 11 is 2.38. The topological polar surface area (TPSA) is 143 Å². The highest BCUT2D eigenvalue weighted by Gasteiger charge is 2.39. The van der Waals surface area contributed by atoms with E-state index in [1.54, 1.807) is 11.8 Å². The number of rotatable bonds is 6. The van der Waals surface area contributed by atoms with Crippen molar-refractivity contribution in [3.8, 4) is 5.82 Å². The van der Waals surface area contributed by atoms with E-state index in [2.05, 4.69) is 53.0 Å². The van der Waals surface area contributed by atoms with Crippen molar-refractivity contribution in [3.05, 3.63) is 35.7 Å². The number of cyclic esters (lactones) is 1. The number of aromatic nitrogens is 6. The molecule has 186 valence electrons. The molecule has 1 N–H and O–H groups in total. The van der Waals surface area contributed by atoms with Gasteiger partial charge in [-0.2, -0.15) is 4.68 Å². The lowest BCUT2D eigenvalue weighted by molar-refractivity contribution is -0.136. The van der Waals surface area contributed by atoms with Gasteiger partial charge in [0.2, 0.25) is 0 Å². The highest BCUT2D eigenvalue weighted by atomic mass is 127. The third-order valence-electron chi connectivity index (χ3n) is 6.71. The van der Waals surface area contributed by atoms with Gasteiger partial charge in [0.25, 0.3) is 0 Å². The van der Waals surface area contributed by atoms with Crippen LogP contribution in [-0.4, -0.2) is 105 Å². The van der Waals surface area contributed by atoms with E-state index in [1.807, 2.05) is 4.90 Å². The van der Waals surface area contributed by atoms with Gasteiger partial charge in [-0.05, 0) is 36.6 Å². The molecule has 0 spiro atoms. The number of urea groups is 1. The maximum atomic E-state index is 13.3. The summed E-state index contributed by atoms with van der Waals surface area (Å²) in [6, 6.07) is 0.0545. The zero-order valence-electron chi connectivity index (χ0n) is 19.2. The van der Waals surface area contributed by atoms with Crippen molar-refractivity contribution in [1.82, 2.24) is 44.9 Å². The third-order valence-corrected chi connectivity index (χ3v) is 8.00. The Morgan fingerprint density at radius 1 is 1.23 bits per heavy atom. The molecule has 3 atom stereocenters. The number of ether oxygens (including phenoxy) is 1. The fourth-order valence-electron chi connectivity index (χ4n) is 4.72. The first-order valence-electron chi connectivity index (χ1n) is 11.5. The predicted molar refractivity (Wildman–Crippen MR) is 129 cm³/mol. The molecule has 0 radical (unpaired) electrons. The van der Waals surface area contributed by atoms with Gasteiger partial charge < -0.3 is 14.7 Å². The molecule has 13 nitrogen and oxygen atoms in total. The number of aliphatic hydroxyl groups is 1. The van der Waals surface area contributed by atoms with Gasteiger partial charge in [-0.1, -0.05) is 22.6 Å². The van der Waals surface area contributed by atoms with Crippen LogP contribution in [0.5, 0.6) is 0 Å². The van der Waals surface area contributed by atoms with Crippen LogP contribution < -0.4 is 0 Å². The predicted octanol–water partition coefficient (Wildman–Crippen LogP) is 0.670. The third kappa shape index (κ3) is 4.86. The normalized spacial score (nSPS) is 24.8. The van der Waals surface area contributed by atoms with Crippen LogP contribution in [0.25, 0.3) is 5.82 Å². The summed E-state index contributed by atoms with van der Waals surface area (Å²) in [4.78, 5) is 39.5. The molecule has 2 aromatic heterocycles. The lowest BCUT2D eigenvalue weighted by Crippen LogP contribution is -2.56. The van der Waals surface area contributed by atoms with Crippen LogP contribution in [0.2, 0.25) is 0 Å². The minimum Gasteiger partial charge on any atom is -0.456 e. The summed E-state index contributed by atoms with van der Waals surface area (Å²) in [5.74, 6) is 0.122. The fourth-order valence-corrected chi connectivity index (χ4v) is 5.81. The number of carbonyl (C=O) groups excluding carboxylic acids is 2. The molecule has 2 aromatic rings. The number of carbonyl (C=O) groups is 2. The molecule has 2 fully saturated rings. The molecule has 3 unspecified atom stereocenters. The van der Waals surface area contributed by atoms with Crippen molar-refractivity contribution in [2.75, 3.05) is 32.8 Å². The second-order valence-electron chi connectivity index (χ2n) is 8.81. The average Bonchev–Trinajstić information content (AvgIpc) is 3.51. The quantitative estimate of drug-likeness (QED) is 0.219. The number of β-amino-alcohol motifs (C(OH)–C–C–N with tert-alkyl or cyclic N) is 1. The Hall–Kier alpha value is -2.72. The zero-order valence-corrected chi connectivity index (χ0v) is 21.4. The molecule has 0 bridgehead atoms. The van der Waals surface area contributed by atoms with Crippen LogP contribution in [0.1, 0.15) is 38.0 Å². The minimum atomic E-state index is -0.791. The van der Waals surface area contributed by atoms with Gasteiger partial charge in [-0.3, -0.25) is 14.8 Å². The molecule has 2 amide bonds. The number of alkyl halides is 1. The maximum absolute atomic E-state index is 13.3. The van der Waals surface area contributed by atoms with E-state index >= 15 is 0 Å². The molecule has 5 rings (SSSR count). The number of hydrogen-bond acceptors (Lipinski definition) is 10. The summed E-state index contributed by atoms with van der Waals surface area (Å²) in [5.41, 5.74) is 1.68. The van der Waals surface area contributed by atoms with E-state index in [9.17, 15) is 14.7 Å². The van der Waals surface area contributed by atoms with Crippen molar-refractivity contribution >= 4 is 34.6 Å². The average molecular weight is 595 g/mol. The van der Waals surface area contributed by atoms with E-state index < -0.39 is 6.10 Å². The van der Waals surface area contributed by atoms with Crippen LogP contribution in [-0.2, 0) is 9.53 Å². The van der Waals surface area contributed by atoms with Gasteiger partial charge in [0.05, 0.1) is 33.4 Å². The highest BCUT2D eigenvalue weighted by Crippen LogP contribution is 2.31. The lowest BCUT2D eigenvalue weighted by Gasteiger charge is -2.45. The Morgan fingerprint density at radius 3 is 2.74 bits per heavy atom. The summed E-state index contributed by atoms with van der Waals surface area (Å²) in [6.07, 6.45) is 6.15. The molecule has 2 saturated heterocycles. The Labute approximate surface area is 215 Å². The van der Waals surface area contributed by atoms with Crippen LogP contribution in [0, 0.1) is 0 Å². The fraction of sp³-hybridized carbons (Fsp3) is 0.571. The molecule has 3 aliphatic heterocycles. The van der Waals surface area contributed by atoms with Gasteiger partial charge in [-0.15, -0.1) is 5.10 Å². The number of tetrazole rings is 1. The maximum Gasteiger partial charge on any atom is 0.336 e. The van der Waals surface area contributed by atoms with Crippen LogP contribution in [0.4, 0.5) is 4.79 Å². The number of esters is 1. The first kappa shape index (κ1) is 24.0. The first-order chi connectivity index (χ1) is 16.9. The van der Waals surface area contributed by atoms with E-state index in [1.165, 1.54) is 23.4 Å². The molecule has 0 aromatic carbocycles. The van der Waals surface area contributed by atoms with Gasteiger partial charge in [0.1, 0.15) is 19.0 Å². The van der Waals surface area contributed by atoms with E-state index in [0.717, 1.165) is 25.8 Å². The minimum absolute atomic E-state index is 0.0519. The molecular weight excluding hydrogens is 569 g/mol. The molecule has 14 heteroatoms. The van der Waals surface area contributed by atoms with E-state index in [4.69, 9.17) is 4.74 Å². The molecule has 3 aliphatic rings. The largest absolute Gasteiger partial charge is 0.456 e. The van der Waals surface area contributed by atoms with Crippen LogP contribution >= 0.6 is 22.6 Å². The molecule has 35 heavy (non-hydrogen) atoms. The van der Waals surface area contributed by atoms with E-state index in [-0.39, 0.29) is 28.7 Å². The number of hydrogen-bond donors (Lipinski definition) is 1. The Morgan fingerprint density at radius 2 is 2.09 bits per heavy atom. The number of likely N-dealkylation sites (tertiary alicyclic amines) is 1. The monoisotopic (exact) mass is 595 g/mol. The summed E-state index contributed by atoms with van der Waals surface area (Å²) < 4.78 is 6.66. The summed E-state index contributed by atoms with van der Waals surface area (Å²) in [5, 5.41) is 21.7. The molecule has 5 heterocycles. The SMILES string of the molecule is CC1=C(N2CCCN(C3CCN(CC(O)c4cnc(-n5cnnn5)cn4)C(I)C3)C2=O)COC1=O. The van der Waals surface area contributed by atoms with Gasteiger partial charge in [0, 0.05) is 32.2 Å². The number of nitrogens with zero attached hydrogens (tertiary/aromatic N) is 9. The summed E-state index contributed by atoms with van der Waals surface area (Å²) in [7, 11) is 0. The van der Waals surface area contributed by atoms with Crippen molar-refractivity contribution in [3.63, 3.8) is 0 Å². The number of halogens is 1. The molecular formula is C21H26IN9O4. The number of piperidine rings is 1. The lowest BCUT2D eigenvalue weighted by atomic mass is 10.0. The van der Waals surface area contributed by atoms with Crippen molar-refractivity contribution in [1.29, 1.82) is 0 Å². The van der Waals surface area contributed by atoms with Gasteiger partial charge in [0.15, 0.2) is 5.82 Å². The molecule has 0 saturated carbocycles. The standard InChI is InChI=1S/C21H26IN9O4/c1-13-16(11-35-20(13)33)30-5-2-4-29(21(30)34)14-3-6-28(18(22)7-14)10-17(32)15-8-24-19(9-23-15)31-12-25-26-27-31/h8-9,12,14,17-18,32H,2-7,10-11H2,1H3. The summed E-state index contributed by atoms with van der Waals surface area (Å²) in [6.45, 7) is 4.35. The van der Waals surface area contributed by atoms with Gasteiger partial charge in [-0.25, -0.2) is 14.6 Å². The molecule has 0 aliphatic carbocycles. The van der Waals surface area contributed by atoms with Gasteiger partial charge >= 0.3 is 12.0 Å². The van der Waals surface area contributed by atoms with Crippen molar-refractivity contribution in [2.45, 2.75) is 42.4 Å². The van der Waals surface area contributed by atoms with Crippen LogP contribution in [0.15, 0.2) is 30.0 Å². The number of amides is 2. The number of aliphatic hydroxyl groups excluding tert-OH is 1. The van der Waals surface area contributed by atoms with Crippen molar-refractivity contribution in [2.24, 2.45) is 0 Å². The highest BCUT2D eigenvalue weighted by molar-refractivity contribution is 14.1. The second-order valence-corrected chi connectivity index (χ2v) is 10.2.